The molecule has 10 heteroatoms. The fraction of sp³-hybridized carbons (Fsp3) is 0.364. The molecule has 0 aliphatic carbocycles. The highest BCUT2D eigenvalue weighted by atomic mass is 16.5. The second-order valence-electron chi connectivity index (χ2n) is 3.84. The van der Waals surface area contributed by atoms with Gasteiger partial charge in [0.1, 0.15) is 0 Å². The monoisotopic (exact) mass is 297 g/mol. The zero-order valence-corrected chi connectivity index (χ0v) is 11.7. The van der Waals surface area contributed by atoms with Crippen LogP contribution in [0, 0.1) is 6.92 Å². The quantitative estimate of drug-likeness (QED) is 0.298. The van der Waals surface area contributed by atoms with Crippen molar-refractivity contribution >= 4 is 23.6 Å². The molecule has 1 rings (SSSR count). The van der Waals surface area contributed by atoms with Gasteiger partial charge in [0.2, 0.25) is 5.95 Å². The van der Waals surface area contributed by atoms with E-state index in [1.807, 2.05) is 0 Å². The second kappa shape index (κ2) is 7.03. The molecular formula is C11H15N5O5. The average Bonchev–Trinajstić information content (AvgIpc) is 2.46. The van der Waals surface area contributed by atoms with Crippen LogP contribution in [0.1, 0.15) is 12.1 Å². The summed E-state index contributed by atoms with van der Waals surface area (Å²) in [6, 6.07) is 1.23. The number of anilines is 1. The summed E-state index contributed by atoms with van der Waals surface area (Å²) in [4.78, 5) is 38.1. The van der Waals surface area contributed by atoms with Crippen LogP contribution >= 0.6 is 0 Å². The lowest BCUT2D eigenvalue weighted by Gasteiger charge is -2.08. The van der Waals surface area contributed by atoms with Gasteiger partial charge in [-0.05, 0) is 6.92 Å². The van der Waals surface area contributed by atoms with Gasteiger partial charge in [-0.2, -0.15) is 9.78 Å². The lowest BCUT2D eigenvalue weighted by atomic mass is 10.3. The Morgan fingerprint density at radius 2 is 2.10 bits per heavy atom. The van der Waals surface area contributed by atoms with Gasteiger partial charge in [-0.3, -0.25) is 9.59 Å². The van der Waals surface area contributed by atoms with Crippen LogP contribution in [0.4, 0.5) is 5.95 Å². The minimum atomic E-state index is -0.827. The Kier molecular flexibility index (Phi) is 5.40. The molecular weight excluding hydrogens is 282 g/mol. The van der Waals surface area contributed by atoms with E-state index in [-0.39, 0.29) is 11.7 Å². The summed E-state index contributed by atoms with van der Waals surface area (Å²) in [5.41, 5.74) is 2.00. The first-order valence-electron chi connectivity index (χ1n) is 5.72. The van der Waals surface area contributed by atoms with Crippen LogP contribution in [-0.2, 0) is 19.1 Å². The van der Waals surface area contributed by atoms with Crippen molar-refractivity contribution in [3.63, 3.8) is 0 Å². The number of esters is 2. The van der Waals surface area contributed by atoms with Crippen LogP contribution in [-0.4, -0.2) is 41.5 Å². The zero-order valence-electron chi connectivity index (χ0n) is 11.7. The average molecular weight is 297 g/mol. The number of carbonyl (C=O) groups is 2. The van der Waals surface area contributed by atoms with Crippen LogP contribution in [0.2, 0.25) is 0 Å². The van der Waals surface area contributed by atoms with Crippen LogP contribution < -0.4 is 16.8 Å². The van der Waals surface area contributed by atoms with Crippen molar-refractivity contribution in [3.05, 3.63) is 22.1 Å². The fourth-order valence-electron chi connectivity index (χ4n) is 1.29. The first kappa shape index (κ1) is 16.1. The van der Waals surface area contributed by atoms with Crippen molar-refractivity contribution in [2.75, 3.05) is 25.5 Å². The van der Waals surface area contributed by atoms with Gasteiger partial charge in [0, 0.05) is 11.8 Å². The molecule has 0 bridgehead atoms. The molecule has 1 aromatic rings. The van der Waals surface area contributed by atoms with Crippen molar-refractivity contribution in [1.82, 2.24) is 9.66 Å². The van der Waals surface area contributed by atoms with Crippen molar-refractivity contribution in [2.24, 2.45) is 5.10 Å². The van der Waals surface area contributed by atoms with Crippen molar-refractivity contribution in [3.8, 4) is 0 Å². The molecule has 0 aliphatic rings. The molecule has 114 valence electrons. The van der Waals surface area contributed by atoms with Gasteiger partial charge < -0.3 is 15.3 Å². The van der Waals surface area contributed by atoms with Crippen molar-refractivity contribution in [2.45, 2.75) is 13.3 Å². The first-order valence-corrected chi connectivity index (χ1v) is 5.72. The Labute approximate surface area is 119 Å². The molecule has 1 aromatic heterocycles. The summed E-state index contributed by atoms with van der Waals surface area (Å²) in [5, 5.41) is 3.68. The minimum absolute atomic E-state index is 0.0914. The van der Waals surface area contributed by atoms with Crippen molar-refractivity contribution in [1.29, 1.82) is 0 Å². The van der Waals surface area contributed by atoms with E-state index in [2.05, 4.69) is 25.0 Å². The maximum atomic E-state index is 11.5. The predicted molar refractivity (Wildman–Crippen MR) is 73.1 cm³/mol. The number of nitrogen functional groups attached to an aromatic ring is 1. The summed E-state index contributed by atoms with van der Waals surface area (Å²) in [6.45, 7) is 1.59. The van der Waals surface area contributed by atoms with Crippen LogP contribution in [0.25, 0.3) is 0 Å². The molecule has 1 heterocycles. The predicted octanol–water partition coefficient (Wildman–Crippen LogP) is -1.23. The molecule has 0 saturated heterocycles. The molecule has 0 unspecified atom stereocenters. The Morgan fingerprint density at radius 1 is 1.43 bits per heavy atom. The van der Waals surface area contributed by atoms with E-state index >= 15 is 0 Å². The number of nitrogens with two attached hydrogens (primary N) is 1. The summed E-state index contributed by atoms with van der Waals surface area (Å²) in [5.74, 6) is 3.88. The third-order valence-corrected chi connectivity index (χ3v) is 2.33. The van der Waals surface area contributed by atoms with E-state index in [1.54, 1.807) is 6.92 Å². The molecule has 0 amide bonds. The van der Waals surface area contributed by atoms with E-state index in [4.69, 9.17) is 5.84 Å². The van der Waals surface area contributed by atoms with Gasteiger partial charge in [0.05, 0.1) is 20.6 Å². The lowest BCUT2D eigenvalue weighted by molar-refractivity contribution is -0.140. The van der Waals surface area contributed by atoms with Crippen LogP contribution in [0.5, 0.6) is 0 Å². The molecule has 0 aliphatic heterocycles. The highest BCUT2D eigenvalue weighted by molar-refractivity contribution is 6.39. The van der Waals surface area contributed by atoms with Gasteiger partial charge >= 0.3 is 11.9 Å². The number of carbonyl (C=O) groups excluding carboxylic acids is 2. The number of nitrogens with zero attached hydrogens (tertiary/aromatic N) is 3. The minimum Gasteiger partial charge on any atom is -0.469 e. The number of methoxy groups -OCH3 is 2. The number of nitrogens with one attached hydrogen (secondary N) is 1. The largest absolute Gasteiger partial charge is 0.469 e. The lowest BCUT2D eigenvalue weighted by Crippen LogP contribution is -2.30. The van der Waals surface area contributed by atoms with Crippen LogP contribution in [0.3, 0.4) is 0 Å². The molecule has 0 spiro atoms. The number of rotatable bonds is 5. The highest BCUT2D eigenvalue weighted by Gasteiger charge is 2.17. The number of hydrazone groups is 1. The van der Waals surface area contributed by atoms with Crippen LogP contribution in [0.15, 0.2) is 16.0 Å². The SMILES string of the molecule is COC(=O)C/C(=N\Nc1nc(C)cc(=O)n1N)C(=O)OC. The third kappa shape index (κ3) is 4.30. The van der Waals surface area contributed by atoms with Gasteiger partial charge in [-0.1, -0.05) is 0 Å². The molecule has 0 atom stereocenters. The van der Waals surface area contributed by atoms with E-state index in [1.165, 1.54) is 13.2 Å². The zero-order chi connectivity index (χ0) is 16.0. The number of aromatic nitrogens is 2. The normalized spacial score (nSPS) is 10.9. The molecule has 0 radical (unpaired) electrons. The van der Waals surface area contributed by atoms with Gasteiger partial charge in [0.15, 0.2) is 5.71 Å². The first-order chi connectivity index (χ1) is 9.88. The Hall–Kier alpha value is -2.91. The summed E-state index contributed by atoms with van der Waals surface area (Å²) >= 11 is 0. The molecule has 3 N–H and O–H groups in total. The maximum absolute atomic E-state index is 11.5. The maximum Gasteiger partial charge on any atom is 0.354 e. The number of aryl methyl sites for hydroxylation is 1. The topological polar surface area (TPSA) is 138 Å². The summed E-state index contributed by atoms with van der Waals surface area (Å²) in [6.07, 6.45) is -0.406. The Bertz CT molecular complexity index is 636. The van der Waals surface area contributed by atoms with Gasteiger partial charge in [0.25, 0.3) is 5.56 Å². The van der Waals surface area contributed by atoms with E-state index in [9.17, 15) is 14.4 Å². The van der Waals surface area contributed by atoms with E-state index in [0.717, 1.165) is 7.11 Å². The molecule has 0 fully saturated rings. The van der Waals surface area contributed by atoms with Gasteiger partial charge in [-0.25, -0.2) is 15.2 Å². The van der Waals surface area contributed by atoms with E-state index < -0.39 is 23.9 Å². The standard InChI is InChI=1S/C11H15N5O5/c1-6-4-8(17)16(12)11(13-6)15-14-7(10(19)21-3)5-9(18)20-2/h4H,5,12H2,1-3H3,(H,13,15)/b14-7+. The summed E-state index contributed by atoms with van der Waals surface area (Å²) < 4.78 is 9.64. The van der Waals surface area contributed by atoms with Gasteiger partial charge in [-0.15, -0.1) is 0 Å². The number of ether oxygens (including phenoxy) is 2. The highest BCUT2D eigenvalue weighted by Crippen LogP contribution is 2.00. The second-order valence-corrected chi connectivity index (χ2v) is 3.84. The van der Waals surface area contributed by atoms with E-state index in [0.29, 0.717) is 10.4 Å². The molecule has 10 nitrogen and oxygen atoms in total. The molecule has 0 aromatic carbocycles. The molecule has 21 heavy (non-hydrogen) atoms. The summed E-state index contributed by atoms with van der Waals surface area (Å²) in [7, 11) is 2.31. The van der Waals surface area contributed by atoms with Crippen molar-refractivity contribution < 1.29 is 19.1 Å². The number of hydrogen-bond donors (Lipinski definition) is 2. The Morgan fingerprint density at radius 3 is 2.67 bits per heavy atom. The smallest absolute Gasteiger partial charge is 0.354 e. The third-order valence-electron chi connectivity index (χ3n) is 2.33. The fourth-order valence-corrected chi connectivity index (χ4v) is 1.29. The Balaban J connectivity index is 3.05. The number of hydrogen-bond acceptors (Lipinski definition) is 9. The molecule has 0 saturated carbocycles.